The smallest absolute Gasteiger partial charge is 0.330 e. The highest BCUT2D eigenvalue weighted by atomic mass is 16.5. The van der Waals surface area contributed by atoms with Crippen molar-refractivity contribution in [2.24, 2.45) is 0 Å². The minimum Gasteiger partial charge on any atom is -0.467 e. The largest absolute Gasteiger partial charge is 0.467 e. The third kappa shape index (κ3) is 5.00. The van der Waals surface area contributed by atoms with E-state index in [4.69, 9.17) is 4.74 Å². The Hall–Kier alpha value is -1.89. The molecule has 1 heterocycles. The lowest BCUT2D eigenvalue weighted by atomic mass is 10.1. The number of hydrogen-bond donors (Lipinski definition) is 1. The number of carbonyl (C=O) groups excluding carboxylic acids is 3. The molecule has 0 unspecified atom stereocenters. The summed E-state index contributed by atoms with van der Waals surface area (Å²) in [6, 6.07) is -0.849. The Bertz CT molecular complexity index is 386. The summed E-state index contributed by atoms with van der Waals surface area (Å²) < 4.78 is 14.3. The van der Waals surface area contributed by atoms with Crippen molar-refractivity contribution in [3.05, 3.63) is 12.2 Å². The lowest BCUT2D eigenvalue weighted by Crippen LogP contribution is -2.45. The molecule has 20 heavy (non-hydrogen) atoms. The molecule has 1 fully saturated rings. The second-order valence-corrected chi connectivity index (χ2v) is 4.25. The maximum Gasteiger partial charge on any atom is 0.330 e. The van der Waals surface area contributed by atoms with Crippen molar-refractivity contribution in [2.45, 2.75) is 31.4 Å². The SMILES string of the molecule is COC(=O)/C=C/C[C@H](NC(=O)[C@H]1CCCO1)C(=O)OC. The van der Waals surface area contributed by atoms with Crippen molar-refractivity contribution in [1.82, 2.24) is 5.32 Å². The monoisotopic (exact) mass is 285 g/mol. The van der Waals surface area contributed by atoms with Gasteiger partial charge in [0.25, 0.3) is 0 Å². The highest BCUT2D eigenvalue weighted by Crippen LogP contribution is 2.12. The van der Waals surface area contributed by atoms with E-state index in [1.54, 1.807) is 0 Å². The van der Waals surface area contributed by atoms with Gasteiger partial charge in [-0.3, -0.25) is 4.79 Å². The summed E-state index contributed by atoms with van der Waals surface area (Å²) in [5.74, 6) is -1.45. The fourth-order valence-electron chi connectivity index (χ4n) is 1.77. The molecule has 0 radical (unpaired) electrons. The zero-order valence-electron chi connectivity index (χ0n) is 11.6. The normalized spacial score (nSPS) is 19.6. The molecule has 1 amide bonds. The summed E-state index contributed by atoms with van der Waals surface area (Å²) in [6.45, 7) is 0.545. The quantitative estimate of drug-likeness (QED) is 0.543. The number of amides is 1. The van der Waals surface area contributed by atoms with Gasteiger partial charge in [0, 0.05) is 12.7 Å². The molecule has 1 aliphatic heterocycles. The number of carbonyl (C=O) groups is 3. The van der Waals surface area contributed by atoms with Gasteiger partial charge in [-0.05, 0) is 19.3 Å². The van der Waals surface area contributed by atoms with Crippen LogP contribution in [0.15, 0.2) is 12.2 Å². The molecule has 1 aliphatic rings. The van der Waals surface area contributed by atoms with Crippen molar-refractivity contribution >= 4 is 17.8 Å². The van der Waals surface area contributed by atoms with Crippen LogP contribution in [0.5, 0.6) is 0 Å². The maximum atomic E-state index is 11.9. The van der Waals surface area contributed by atoms with E-state index < -0.39 is 24.1 Å². The minimum atomic E-state index is -0.849. The van der Waals surface area contributed by atoms with E-state index in [-0.39, 0.29) is 12.3 Å². The first kappa shape index (κ1) is 16.2. The van der Waals surface area contributed by atoms with Crippen LogP contribution in [0.2, 0.25) is 0 Å². The second-order valence-electron chi connectivity index (χ2n) is 4.25. The Balaban J connectivity index is 2.55. The highest BCUT2D eigenvalue weighted by molar-refractivity contribution is 5.87. The third-order valence-electron chi connectivity index (χ3n) is 2.85. The Morgan fingerprint density at radius 3 is 2.65 bits per heavy atom. The van der Waals surface area contributed by atoms with Crippen LogP contribution in [0.3, 0.4) is 0 Å². The van der Waals surface area contributed by atoms with Crippen LogP contribution < -0.4 is 5.32 Å². The lowest BCUT2D eigenvalue weighted by Gasteiger charge is -2.17. The Morgan fingerprint density at radius 1 is 1.35 bits per heavy atom. The summed E-state index contributed by atoms with van der Waals surface area (Å²) in [5.41, 5.74) is 0. The van der Waals surface area contributed by atoms with Gasteiger partial charge in [0.15, 0.2) is 0 Å². The van der Waals surface area contributed by atoms with Crippen LogP contribution in [0, 0.1) is 0 Å². The van der Waals surface area contributed by atoms with E-state index in [0.717, 1.165) is 6.42 Å². The van der Waals surface area contributed by atoms with E-state index in [1.807, 2.05) is 0 Å². The summed E-state index contributed by atoms with van der Waals surface area (Å²) in [7, 11) is 2.49. The molecule has 0 saturated carbocycles. The molecule has 0 aliphatic carbocycles. The van der Waals surface area contributed by atoms with Crippen LogP contribution in [0.25, 0.3) is 0 Å². The van der Waals surface area contributed by atoms with Crippen molar-refractivity contribution in [1.29, 1.82) is 0 Å². The van der Waals surface area contributed by atoms with Crippen LogP contribution in [0.4, 0.5) is 0 Å². The van der Waals surface area contributed by atoms with Gasteiger partial charge in [0.05, 0.1) is 14.2 Å². The predicted octanol–water partition coefficient (Wildman–Crippen LogP) is -0.0575. The van der Waals surface area contributed by atoms with Crippen molar-refractivity contribution in [3.63, 3.8) is 0 Å². The molecule has 0 aromatic heterocycles. The number of nitrogens with one attached hydrogen (secondary N) is 1. The van der Waals surface area contributed by atoms with Gasteiger partial charge in [0.2, 0.25) is 5.91 Å². The van der Waals surface area contributed by atoms with Crippen molar-refractivity contribution in [3.8, 4) is 0 Å². The van der Waals surface area contributed by atoms with Gasteiger partial charge in [-0.2, -0.15) is 0 Å². The number of esters is 2. The van der Waals surface area contributed by atoms with Gasteiger partial charge in [-0.15, -0.1) is 0 Å². The molecule has 0 aromatic rings. The van der Waals surface area contributed by atoms with E-state index in [2.05, 4.69) is 14.8 Å². The standard InChI is InChI=1S/C13H19NO6/c1-18-11(15)7-3-5-9(13(17)19-2)14-12(16)10-6-4-8-20-10/h3,7,9-10H,4-6,8H2,1-2H3,(H,14,16)/b7-3+/t9-,10+/m0/s1. The summed E-state index contributed by atoms with van der Waals surface area (Å²) in [6.07, 6.45) is 3.71. The number of rotatable bonds is 6. The van der Waals surface area contributed by atoms with E-state index in [1.165, 1.54) is 26.4 Å². The molecule has 7 nitrogen and oxygen atoms in total. The summed E-state index contributed by atoms with van der Waals surface area (Å²) in [4.78, 5) is 34.4. The lowest BCUT2D eigenvalue weighted by molar-refractivity contribution is -0.146. The zero-order valence-corrected chi connectivity index (χ0v) is 11.6. The molecule has 0 aromatic carbocycles. The number of hydrogen-bond acceptors (Lipinski definition) is 6. The van der Waals surface area contributed by atoms with Crippen LogP contribution in [0.1, 0.15) is 19.3 Å². The fraction of sp³-hybridized carbons (Fsp3) is 0.615. The molecule has 0 bridgehead atoms. The third-order valence-corrected chi connectivity index (χ3v) is 2.85. The van der Waals surface area contributed by atoms with Crippen molar-refractivity contribution in [2.75, 3.05) is 20.8 Å². The Labute approximate surface area is 117 Å². The van der Waals surface area contributed by atoms with Crippen LogP contribution in [-0.4, -0.2) is 50.8 Å². The average Bonchev–Trinajstić information content (AvgIpc) is 2.99. The Kier molecular flexibility index (Phi) is 6.72. The van der Waals surface area contributed by atoms with Crippen LogP contribution in [-0.2, 0) is 28.6 Å². The van der Waals surface area contributed by atoms with E-state index in [0.29, 0.717) is 13.0 Å². The molecule has 0 spiro atoms. The summed E-state index contributed by atoms with van der Waals surface area (Å²) in [5, 5.41) is 2.56. The molecular weight excluding hydrogens is 266 g/mol. The van der Waals surface area contributed by atoms with Crippen molar-refractivity contribution < 1.29 is 28.6 Å². The number of ether oxygens (including phenoxy) is 3. The van der Waals surface area contributed by atoms with E-state index in [9.17, 15) is 14.4 Å². The molecule has 112 valence electrons. The molecular formula is C13H19NO6. The molecule has 1 N–H and O–H groups in total. The molecule has 1 saturated heterocycles. The first-order valence-electron chi connectivity index (χ1n) is 6.32. The minimum absolute atomic E-state index is 0.139. The van der Waals surface area contributed by atoms with Crippen LogP contribution >= 0.6 is 0 Å². The topological polar surface area (TPSA) is 90.9 Å². The van der Waals surface area contributed by atoms with Gasteiger partial charge in [-0.1, -0.05) is 6.08 Å². The second kappa shape index (κ2) is 8.31. The first-order chi connectivity index (χ1) is 9.58. The molecule has 7 heteroatoms. The summed E-state index contributed by atoms with van der Waals surface area (Å²) >= 11 is 0. The zero-order chi connectivity index (χ0) is 15.0. The highest BCUT2D eigenvalue weighted by Gasteiger charge is 2.28. The molecule has 1 rings (SSSR count). The Morgan fingerprint density at radius 2 is 2.10 bits per heavy atom. The van der Waals surface area contributed by atoms with Gasteiger partial charge in [0.1, 0.15) is 12.1 Å². The number of methoxy groups -OCH3 is 2. The maximum absolute atomic E-state index is 11.9. The van der Waals surface area contributed by atoms with Gasteiger partial charge < -0.3 is 19.5 Å². The fourth-order valence-corrected chi connectivity index (χ4v) is 1.77. The van der Waals surface area contributed by atoms with Gasteiger partial charge in [-0.25, -0.2) is 9.59 Å². The van der Waals surface area contributed by atoms with E-state index >= 15 is 0 Å². The van der Waals surface area contributed by atoms with Gasteiger partial charge >= 0.3 is 11.9 Å². The predicted molar refractivity (Wildman–Crippen MR) is 68.7 cm³/mol. The molecule has 2 atom stereocenters. The average molecular weight is 285 g/mol. The first-order valence-corrected chi connectivity index (χ1v) is 6.32.